The largest absolute Gasteiger partial charge is 0.497 e. The number of rotatable bonds is 9. The number of hydrogen-bond acceptors (Lipinski definition) is 3. The lowest BCUT2D eigenvalue weighted by Gasteiger charge is -2.07. The van der Waals surface area contributed by atoms with Crippen molar-refractivity contribution >= 4 is 17.7 Å². The highest BCUT2D eigenvalue weighted by molar-refractivity contribution is 6.07. The predicted octanol–water partition coefficient (Wildman–Crippen LogP) is 3.65. The quantitative estimate of drug-likeness (QED) is 0.542. The predicted molar refractivity (Wildman–Crippen MR) is 102 cm³/mol. The van der Waals surface area contributed by atoms with E-state index in [0.717, 1.165) is 29.7 Å². The molecule has 0 unspecified atom stereocenters. The molecule has 0 saturated carbocycles. The Hall–Kier alpha value is -2.88. The first-order valence-electron chi connectivity index (χ1n) is 8.30. The van der Waals surface area contributed by atoms with Crippen molar-refractivity contribution in [1.82, 2.24) is 5.32 Å². The van der Waals surface area contributed by atoms with Crippen LogP contribution in [0.25, 0.3) is 5.57 Å². The molecule has 0 radical (unpaired) electrons. The number of ether oxygens (including phenoxy) is 1. The summed E-state index contributed by atoms with van der Waals surface area (Å²) in [5.41, 5.74) is 3.86. The number of allylic oxidation sites excluding steroid dienone is 1. The number of carbonyl (C=O) groups excluding carboxylic acids is 1. The van der Waals surface area contributed by atoms with Crippen molar-refractivity contribution < 1.29 is 9.53 Å². The highest BCUT2D eigenvalue weighted by Gasteiger charge is 2.03. The van der Waals surface area contributed by atoms with Crippen LogP contribution in [0.4, 0.5) is 0 Å². The molecule has 0 aliphatic carbocycles. The fourth-order valence-electron chi connectivity index (χ4n) is 2.48. The molecule has 25 heavy (non-hydrogen) atoms. The molecule has 0 saturated heterocycles. The molecule has 1 amide bonds. The third kappa shape index (κ3) is 5.92. The van der Waals surface area contributed by atoms with Gasteiger partial charge in [0.25, 0.3) is 0 Å². The van der Waals surface area contributed by atoms with E-state index < -0.39 is 0 Å². The minimum Gasteiger partial charge on any atom is -0.497 e. The fraction of sp³-hybridized carbons (Fsp3) is 0.238. The van der Waals surface area contributed by atoms with E-state index in [2.05, 4.69) is 11.9 Å². The zero-order valence-corrected chi connectivity index (χ0v) is 14.5. The molecule has 2 aromatic rings. The number of methoxy groups -OCH3 is 1. The van der Waals surface area contributed by atoms with Crippen LogP contribution in [0.3, 0.4) is 0 Å². The van der Waals surface area contributed by atoms with Crippen LogP contribution in [-0.4, -0.2) is 25.8 Å². The second kappa shape index (κ2) is 9.42. The first-order valence-corrected chi connectivity index (χ1v) is 8.30. The highest BCUT2D eigenvalue weighted by Crippen LogP contribution is 2.13. The van der Waals surface area contributed by atoms with Crippen LogP contribution >= 0.6 is 0 Å². The fourth-order valence-corrected chi connectivity index (χ4v) is 2.48. The summed E-state index contributed by atoms with van der Waals surface area (Å²) >= 11 is 0. The molecule has 0 spiro atoms. The normalized spacial score (nSPS) is 10.1. The molecule has 2 N–H and O–H groups in total. The number of amides is 1. The number of carbonyl (C=O) groups is 1. The minimum atomic E-state index is 0.0304. The lowest BCUT2D eigenvalue weighted by Crippen LogP contribution is -2.26. The zero-order valence-electron chi connectivity index (χ0n) is 14.5. The van der Waals surface area contributed by atoms with Crippen LogP contribution in [0, 0.1) is 5.41 Å². The van der Waals surface area contributed by atoms with Crippen LogP contribution < -0.4 is 10.1 Å². The third-order valence-electron chi connectivity index (χ3n) is 3.99. The standard InChI is InChI=1S/C21H24N2O2/c1-16(15-22)19-9-5-17(6-10-19)4-3-13-23-21(24)14-18-7-11-20(25-2)12-8-18/h5-12,15,22H,1,3-4,13-14H2,2H3,(H,23,24). The Morgan fingerprint density at radius 1 is 1.12 bits per heavy atom. The van der Waals surface area contributed by atoms with Gasteiger partial charge in [-0.15, -0.1) is 0 Å². The van der Waals surface area contributed by atoms with Crippen LogP contribution in [0.15, 0.2) is 55.1 Å². The maximum absolute atomic E-state index is 12.0. The van der Waals surface area contributed by atoms with Gasteiger partial charge in [-0.05, 0) is 47.2 Å². The Morgan fingerprint density at radius 3 is 2.36 bits per heavy atom. The molecular weight excluding hydrogens is 312 g/mol. The Labute approximate surface area is 149 Å². The average Bonchev–Trinajstić information content (AvgIpc) is 2.65. The molecular formula is C21H24N2O2. The van der Waals surface area contributed by atoms with Crippen molar-refractivity contribution in [2.45, 2.75) is 19.3 Å². The summed E-state index contributed by atoms with van der Waals surface area (Å²) in [6.07, 6.45) is 3.43. The molecule has 4 nitrogen and oxygen atoms in total. The Bertz CT molecular complexity index is 719. The number of aryl methyl sites for hydroxylation is 1. The highest BCUT2D eigenvalue weighted by atomic mass is 16.5. The van der Waals surface area contributed by atoms with E-state index in [4.69, 9.17) is 10.1 Å². The lowest BCUT2D eigenvalue weighted by molar-refractivity contribution is -0.120. The van der Waals surface area contributed by atoms with Crippen LogP contribution in [-0.2, 0) is 17.6 Å². The number of benzene rings is 2. The van der Waals surface area contributed by atoms with E-state index in [0.29, 0.717) is 18.5 Å². The Morgan fingerprint density at radius 2 is 1.76 bits per heavy atom. The summed E-state index contributed by atoms with van der Waals surface area (Å²) in [5.74, 6) is 0.821. The summed E-state index contributed by atoms with van der Waals surface area (Å²) in [5, 5.41) is 10.2. The van der Waals surface area contributed by atoms with Gasteiger partial charge in [0.1, 0.15) is 5.75 Å². The van der Waals surface area contributed by atoms with Gasteiger partial charge in [0.05, 0.1) is 13.5 Å². The van der Waals surface area contributed by atoms with Crippen molar-refractivity contribution in [2.75, 3.05) is 13.7 Å². The van der Waals surface area contributed by atoms with Gasteiger partial charge in [0.15, 0.2) is 0 Å². The Balaban J connectivity index is 1.70. The molecule has 0 atom stereocenters. The maximum Gasteiger partial charge on any atom is 0.224 e. The smallest absolute Gasteiger partial charge is 0.224 e. The van der Waals surface area contributed by atoms with Gasteiger partial charge >= 0.3 is 0 Å². The van der Waals surface area contributed by atoms with Gasteiger partial charge < -0.3 is 15.5 Å². The zero-order chi connectivity index (χ0) is 18.1. The van der Waals surface area contributed by atoms with E-state index in [-0.39, 0.29) is 5.91 Å². The van der Waals surface area contributed by atoms with E-state index in [9.17, 15) is 4.79 Å². The summed E-state index contributed by atoms with van der Waals surface area (Å²) < 4.78 is 5.11. The first kappa shape index (κ1) is 18.5. The van der Waals surface area contributed by atoms with Crippen molar-refractivity contribution in [3.63, 3.8) is 0 Å². The maximum atomic E-state index is 12.0. The summed E-state index contributed by atoms with van der Waals surface area (Å²) in [4.78, 5) is 12.0. The second-order valence-electron chi connectivity index (χ2n) is 5.84. The van der Waals surface area contributed by atoms with E-state index >= 15 is 0 Å². The van der Waals surface area contributed by atoms with E-state index in [1.54, 1.807) is 7.11 Å². The molecule has 0 aromatic heterocycles. The van der Waals surface area contributed by atoms with Crippen molar-refractivity contribution in [3.8, 4) is 5.75 Å². The van der Waals surface area contributed by atoms with Gasteiger partial charge in [-0.2, -0.15) is 0 Å². The lowest BCUT2D eigenvalue weighted by atomic mass is 10.0. The van der Waals surface area contributed by atoms with Crippen LogP contribution in [0.1, 0.15) is 23.1 Å². The first-order chi connectivity index (χ1) is 12.1. The molecule has 0 heterocycles. The van der Waals surface area contributed by atoms with Gasteiger partial charge in [-0.3, -0.25) is 4.79 Å². The molecule has 0 aliphatic heterocycles. The second-order valence-corrected chi connectivity index (χ2v) is 5.84. The number of nitrogens with one attached hydrogen (secondary N) is 2. The molecule has 0 bridgehead atoms. The Kier molecular flexibility index (Phi) is 6.96. The van der Waals surface area contributed by atoms with Crippen molar-refractivity contribution in [1.29, 1.82) is 5.41 Å². The SMILES string of the molecule is C=C(C=N)c1ccc(CCCNC(=O)Cc2ccc(OC)cc2)cc1. The summed E-state index contributed by atoms with van der Waals surface area (Å²) in [6.45, 7) is 4.47. The van der Waals surface area contributed by atoms with Crippen LogP contribution in [0.5, 0.6) is 5.75 Å². The van der Waals surface area contributed by atoms with Crippen molar-refractivity contribution in [2.24, 2.45) is 0 Å². The molecule has 130 valence electrons. The van der Waals surface area contributed by atoms with Gasteiger partial charge in [-0.25, -0.2) is 0 Å². The molecule has 0 fully saturated rings. The molecule has 2 aromatic carbocycles. The van der Waals surface area contributed by atoms with Gasteiger partial charge in [0.2, 0.25) is 5.91 Å². The topological polar surface area (TPSA) is 62.2 Å². The van der Waals surface area contributed by atoms with E-state index in [1.165, 1.54) is 11.8 Å². The third-order valence-corrected chi connectivity index (χ3v) is 3.99. The average molecular weight is 336 g/mol. The van der Waals surface area contributed by atoms with Crippen LogP contribution in [0.2, 0.25) is 0 Å². The molecule has 0 aliphatic rings. The van der Waals surface area contributed by atoms with E-state index in [1.807, 2.05) is 48.5 Å². The monoisotopic (exact) mass is 336 g/mol. The van der Waals surface area contributed by atoms with Gasteiger partial charge in [0, 0.05) is 12.8 Å². The molecule has 2 rings (SSSR count). The number of hydrogen-bond donors (Lipinski definition) is 2. The van der Waals surface area contributed by atoms with Gasteiger partial charge in [-0.1, -0.05) is 43.0 Å². The summed E-state index contributed by atoms with van der Waals surface area (Å²) in [7, 11) is 1.62. The van der Waals surface area contributed by atoms with Crippen molar-refractivity contribution in [3.05, 3.63) is 71.8 Å². The summed E-state index contributed by atoms with van der Waals surface area (Å²) in [6, 6.07) is 15.6. The minimum absolute atomic E-state index is 0.0304. The molecule has 4 heteroatoms.